The molecule has 0 saturated carbocycles. The van der Waals surface area contributed by atoms with Crippen molar-refractivity contribution in [3.8, 4) is 0 Å². The van der Waals surface area contributed by atoms with Crippen molar-refractivity contribution in [1.29, 1.82) is 0 Å². The number of morpholine rings is 1. The lowest BCUT2D eigenvalue weighted by Gasteiger charge is -2.33. The van der Waals surface area contributed by atoms with Crippen LogP contribution in [0.15, 0.2) is 24.3 Å². The summed E-state index contributed by atoms with van der Waals surface area (Å²) in [5, 5.41) is 11.7. The van der Waals surface area contributed by atoms with Gasteiger partial charge in [0, 0.05) is 12.1 Å². The molecule has 1 aromatic carbocycles. The largest absolute Gasteiger partial charge is 0.370 e. The molecule has 152 valence electrons. The molecule has 2 saturated heterocycles. The number of hydrogen-bond donors (Lipinski definition) is 1. The van der Waals surface area contributed by atoms with Crippen LogP contribution in [0.25, 0.3) is 0 Å². The molecule has 1 unspecified atom stereocenters. The first kappa shape index (κ1) is 20.7. The molecule has 1 aromatic heterocycles. The first-order valence-electron chi connectivity index (χ1n) is 9.43. The standard InChI is InChI=1S/C19H24FN5O2.ClH/c1-13-18(22-23-25(13)14-6-8-21-9-7-14)19(26)24-10-11-27-17(12-24)15-4-2-3-5-16(15)20;/h2-5,14,17,21H,6-12H2,1H3;1H. The van der Waals surface area contributed by atoms with Crippen LogP contribution in [0.3, 0.4) is 0 Å². The maximum absolute atomic E-state index is 14.1. The van der Waals surface area contributed by atoms with Gasteiger partial charge in [-0.1, -0.05) is 23.4 Å². The summed E-state index contributed by atoms with van der Waals surface area (Å²) >= 11 is 0. The van der Waals surface area contributed by atoms with Crippen LogP contribution in [-0.4, -0.2) is 58.6 Å². The van der Waals surface area contributed by atoms with Crippen LogP contribution < -0.4 is 5.32 Å². The fourth-order valence-corrected chi connectivity index (χ4v) is 3.84. The fourth-order valence-electron chi connectivity index (χ4n) is 3.84. The van der Waals surface area contributed by atoms with Crippen molar-refractivity contribution in [1.82, 2.24) is 25.2 Å². The zero-order valence-corrected chi connectivity index (χ0v) is 16.6. The van der Waals surface area contributed by atoms with Crippen molar-refractivity contribution in [3.63, 3.8) is 0 Å². The summed E-state index contributed by atoms with van der Waals surface area (Å²) in [5.74, 6) is -0.484. The summed E-state index contributed by atoms with van der Waals surface area (Å²) in [7, 11) is 0. The van der Waals surface area contributed by atoms with E-state index in [0.717, 1.165) is 31.6 Å². The monoisotopic (exact) mass is 409 g/mol. The molecule has 28 heavy (non-hydrogen) atoms. The van der Waals surface area contributed by atoms with Crippen LogP contribution >= 0.6 is 12.4 Å². The van der Waals surface area contributed by atoms with Crippen LogP contribution in [-0.2, 0) is 4.74 Å². The number of piperidine rings is 1. The molecule has 9 heteroatoms. The summed E-state index contributed by atoms with van der Waals surface area (Å²) in [6.07, 6.45) is 1.49. The third kappa shape index (κ3) is 4.04. The molecule has 0 radical (unpaired) electrons. The Hall–Kier alpha value is -2.03. The zero-order chi connectivity index (χ0) is 18.8. The van der Waals surface area contributed by atoms with Crippen molar-refractivity contribution < 1.29 is 13.9 Å². The van der Waals surface area contributed by atoms with Gasteiger partial charge in [-0.15, -0.1) is 17.5 Å². The highest BCUT2D eigenvalue weighted by molar-refractivity contribution is 5.93. The quantitative estimate of drug-likeness (QED) is 0.842. The Labute approximate surface area is 169 Å². The third-order valence-corrected chi connectivity index (χ3v) is 5.39. The highest BCUT2D eigenvalue weighted by atomic mass is 35.5. The highest BCUT2D eigenvalue weighted by Crippen LogP contribution is 2.26. The summed E-state index contributed by atoms with van der Waals surface area (Å²) in [4.78, 5) is 14.7. The molecule has 7 nitrogen and oxygen atoms in total. The predicted octanol–water partition coefficient (Wildman–Crippen LogP) is 2.29. The number of benzene rings is 1. The number of halogens is 2. The van der Waals surface area contributed by atoms with Crippen molar-refractivity contribution >= 4 is 18.3 Å². The molecule has 3 heterocycles. The Bertz CT molecular complexity index is 824. The summed E-state index contributed by atoms with van der Waals surface area (Å²) < 4.78 is 21.7. The van der Waals surface area contributed by atoms with Gasteiger partial charge in [0.05, 0.1) is 24.9 Å². The molecule has 0 aliphatic carbocycles. The SMILES string of the molecule is Cc1c(C(=O)N2CCOC(c3ccccc3F)C2)nnn1C1CCNCC1.Cl. The lowest BCUT2D eigenvalue weighted by molar-refractivity contribution is -0.0245. The van der Waals surface area contributed by atoms with E-state index in [2.05, 4.69) is 15.6 Å². The first-order valence-corrected chi connectivity index (χ1v) is 9.43. The average molecular weight is 410 g/mol. The van der Waals surface area contributed by atoms with E-state index in [4.69, 9.17) is 4.74 Å². The molecule has 2 aliphatic heterocycles. The molecule has 2 aromatic rings. The smallest absolute Gasteiger partial charge is 0.276 e. The van der Waals surface area contributed by atoms with Gasteiger partial charge in [0.2, 0.25) is 0 Å². The normalized spacial score (nSPS) is 20.6. The van der Waals surface area contributed by atoms with Crippen molar-refractivity contribution in [2.75, 3.05) is 32.8 Å². The van der Waals surface area contributed by atoms with E-state index in [-0.39, 0.29) is 30.2 Å². The van der Waals surface area contributed by atoms with Crippen LogP contribution in [0.4, 0.5) is 4.39 Å². The lowest BCUT2D eigenvalue weighted by atomic mass is 10.1. The average Bonchev–Trinajstić information content (AvgIpc) is 3.10. The minimum Gasteiger partial charge on any atom is -0.370 e. The predicted molar refractivity (Wildman–Crippen MR) is 104 cm³/mol. The van der Waals surface area contributed by atoms with E-state index in [0.29, 0.717) is 31.0 Å². The number of nitrogens with zero attached hydrogens (tertiary/aromatic N) is 4. The Kier molecular flexibility index (Phi) is 6.64. The van der Waals surface area contributed by atoms with Crippen molar-refractivity contribution in [2.24, 2.45) is 0 Å². The molecule has 1 N–H and O–H groups in total. The topological polar surface area (TPSA) is 72.3 Å². The molecule has 1 amide bonds. The second-order valence-electron chi connectivity index (χ2n) is 7.08. The lowest BCUT2D eigenvalue weighted by Crippen LogP contribution is -2.42. The van der Waals surface area contributed by atoms with E-state index in [1.807, 2.05) is 11.6 Å². The molecule has 0 bridgehead atoms. The van der Waals surface area contributed by atoms with Gasteiger partial charge >= 0.3 is 0 Å². The molecule has 0 spiro atoms. The van der Waals surface area contributed by atoms with E-state index < -0.39 is 6.10 Å². The molecule has 2 aliphatic rings. The van der Waals surface area contributed by atoms with Gasteiger partial charge in [-0.2, -0.15) is 0 Å². The Morgan fingerprint density at radius 2 is 2.04 bits per heavy atom. The van der Waals surface area contributed by atoms with Crippen LogP contribution in [0, 0.1) is 12.7 Å². The summed E-state index contributed by atoms with van der Waals surface area (Å²) in [6, 6.07) is 6.81. The van der Waals surface area contributed by atoms with Gasteiger partial charge < -0.3 is 15.0 Å². The van der Waals surface area contributed by atoms with Gasteiger partial charge in [-0.25, -0.2) is 9.07 Å². The minimum absolute atomic E-state index is 0. The fraction of sp³-hybridized carbons (Fsp3) is 0.526. The van der Waals surface area contributed by atoms with Gasteiger partial charge in [0.25, 0.3) is 5.91 Å². The van der Waals surface area contributed by atoms with E-state index in [1.54, 1.807) is 23.1 Å². The Morgan fingerprint density at radius 3 is 2.79 bits per heavy atom. The number of aromatic nitrogens is 3. The molecule has 4 rings (SSSR count). The molecular weight excluding hydrogens is 385 g/mol. The number of nitrogens with one attached hydrogen (secondary N) is 1. The number of hydrogen-bond acceptors (Lipinski definition) is 5. The first-order chi connectivity index (χ1) is 13.1. The Balaban J connectivity index is 0.00000225. The van der Waals surface area contributed by atoms with Crippen LogP contribution in [0.1, 0.15) is 46.7 Å². The second-order valence-corrected chi connectivity index (χ2v) is 7.08. The van der Waals surface area contributed by atoms with Crippen LogP contribution in [0.2, 0.25) is 0 Å². The zero-order valence-electron chi connectivity index (χ0n) is 15.8. The van der Waals surface area contributed by atoms with E-state index in [9.17, 15) is 9.18 Å². The minimum atomic E-state index is -0.469. The number of rotatable bonds is 3. The van der Waals surface area contributed by atoms with Crippen molar-refractivity contribution in [3.05, 3.63) is 47.0 Å². The van der Waals surface area contributed by atoms with Crippen molar-refractivity contribution in [2.45, 2.75) is 31.9 Å². The summed E-state index contributed by atoms with van der Waals surface area (Å²) in [6.45, 7) is 4.92. The van der Waals surface area contributed by atoms with Gasteiger partial charge in [-0.3, -0.25) is 4.79 Å². The second kappa shape index (κ2) is 8.98. The maximum Gasteiger partial charge on any atom is 0.276 e. The summed E-state index contributed by atoms with van der Waals surface area (Å²) in [5.41, 5.74) is 1.65. The number of carbonyl (C=O) groups excluding carboxylic acids is 1. The maximum atomic E-state index is 14.1. The molecular formula is C19H25ClFN5O2. The Morgan fingerprint density at radius 1 is 1.29 bits per heavy atom. The molecule has 2 fully saturated rings. The molecule has 1 atom stereocenters. The van der Waals surface area contributed by atoms with Gasteiger partial charge in [-0.05, 0) is 38.9 Å². The van der Waals surface area contributed by atoms with E-state index >= 15 is 0 Å². The number of carbonyl (C=O) groups is 1. The van der Waals surface area contributed by atoms with Crippen LogP contribution in [0.5, 0.6) is 0 Å². The van der Waals surface area contributed by atoms with Gasteiger partial charge in [0.1, 0.15) is 11.9 Å². The highest BCUT2D eigenvalue weighted by Gasteiger charge is 2.31. The third-order valence-electron chi connectivity index (χ3n) is 5.39. The number of ether oxygens (including phenoxy) is 1. The number of amides is 1. The van der Waals surface area contributed by atoms with E-state index in [1.165, 1.54) is 6.07 Å². The van der Waals surface area contributed by atoms with Gasteiger partial charge in [0.15, 0.2) is 5.69 Å².